The summed E-state index contributed by atoms with van der Waals surface area (Å²) in [4.78, 5) is 0. The molecular weight excluding hydrogens is 266 g/mol. The van der Waals surface area contributed by atoms with E-state index in [1.165, 1.54) is 0 Å². The number of benzene rings is 1. The van der Waals surface area contributed by atoms with E-state index < -0.39 is 15.6 Å². The predicted octanol–water partition coefficient (Wildman–Crippen LogP) is 2.57. The highest BCUT2D eigenvalue weighted by Gasteiger charge is 2.26. The van der Waals surface area contributed by atoms with Crippen molar-refractivity contribution in [2.24, 2.45) is 0 Å². The largest absolute Gasteiger partial charge is 0.339 e. The molecule has 0 radical (unpaired) electrons. The summed E-state index contributed by atoms with van der Waals surface area (Å²) in [7, 11) is -3.71. The van der Waals surface area contributed by atoms with Gasteiger partial charge in [-0.2, -0.15) is 0 Å². The minimum Gasteiger partial charge on any atom is -0.339 e. The molecule has 0 spiro atoms. The highest BCUT2D eigenvalue weighted by atomic mass is 32.2. The van der Waals surface area contributed by atoms with E-state index in [1.807, 2.05) is 19.9 Å². The second kappa shape index (κ2) is 8.14. The Morgan fingerprint density at radius 2 is 1.58 bits per heavy atom. The molecule has 6 heteroatoms. The van der Waals surface area contributed by atoms with Gasteiger partial charge in [0.15, 0.2) is 0 Å². The maximum absolute atomic E-state index is 12.2. The minimum atomic E-state index is -3.71. The van der Waals surface area contributed by atoms with Crippen LogP contribution in [0.25, 0.3) is 0 Å². The fourth-order valence-electron chi connectivity index (χ4n) is 1.37. The van der Waals surface area contributed by atoms with Crippen LogP contribution in [0.2, 0.25) is 0 Å². The summed E-state index contributed by atoms with van der Waals surface area (Å²) in [6.07, 6.45) is 1.46. The number of rotatable bonds is 9. The average Bonchev–Trinajstić information content (AvgIpc) is 2.39. The Morgan fingerprint density at radius 1 is 1.05 bits per heavy atom. The first-order valence-electron chi connectivity index (χ1n) is 6.40. The first-order chi connectivity index (χ1) is 9.10. The zero-order chi connectivity index (χ0) is 14.1. The highest BCUT2D eigenvalue weighted by Crippen LogP contribution is 2.13. The van der Waals surface area contributed by atoms with Gasteiger partial charge >= 0.3 is 0 Å². The van der Waals surface area contributed by atoms with Gasteiger partial charge in [-0.25, -0.2) is 8.42 Å². The van der Waals surface area contributed by atoms with Crippen molar-refractivity contribution in [3.63, 3.8) is 0 Å². The molecule has 19 heavy (non-hydrogen) atoms. The summed E-state index contributed by atoms with van der Waals surface area (Å²) in [5, 5.41) is 0. The van der Waals surface area contributed by atoms with Crippen LogP contribution in [0, 0.1) is 0 Å². The van der Waals surface area contributed by atoms with Crippen molar-refractivity contribution in [2.45, 2.75) is 32.3 Å². The highest BCUT2D eigenvalue weighted by molar-refractivity contribution is 7.93. The lowest BCUT2D eigenvalue weighted by Gasteiger charge is -2.19. The second-order valence-electron chi connectivity index (χ2n) is 4.04. The lowest BCUT2D eigenvalue weighted by Crippen LogP contribution is -2.33. The standard InChI is InChI=1S/C13H21NO4S/c1-3-10-17-13(18-11-4-2)19(15,16)14-12-8-6-5-7-9-12/h5-9,13-14H,3-4,10-11H2,1-2H3. The number of anilines is 1. The molecule has 0 atom stereocenters. The molecule has 1 rings (SSSR count). The lowest BCUT2D eigenvalue weighted by atomic mass is 10.3. The molecule has 0 bridgehead atoms. The SMILES string of the molecule is CCCOC(OCCC)S(=O)(=O)Nc1ccccc1. The molecule has 1 aromatic rings. The number of nitrogens with one attached hydrogen (secondary N) is 1. The maximum atomic E-state index is 12.2. The molecule has 0 unspecified atom stereocenters. The Morgan fingerprint density at radius 3 is 2.05 bits per heavy atom. The summed E-state index contributed by atoms with van der Waals surface area (Å²) < 4.78 is 37.3. The quantitative estimate of drug-likeness (QED) is 0.709. The monoisotopic (exact) mass is 287 g/mol. The van der Waals surface area contributed by atoms with Gasteiger partial charge in [-0.05, 0) is 25.0 Å². The third-order valence-corrected chi connectivity index (χ3v) is 3.50. The van der Waals surface area contributed by atoms with Gasteiger partial charge in [0, 0.05) is 5.69 Å². The van der Waals surface area contributed by atoms with E-state index in [1.54, 1.807) is 24.3 Å². The van der Waals surface area contributed by atoms with E-state index >= 15 is 0 Å². The molecule has 108 valence electrons. The van der Waals surface area contributed by atoms with Crippen molar-refractivity contribution in [3.05, 3.63) is 30.3 Å². The zero-order valence-corrected chi connectivity index (χ0v) is 12.2. The fourth-order valence-corrected chi connectivity index (χ4v) is 2.49. The molecule has 0 fully saturated rings. The molecule has 1 N–H and O–H groups in total. The van der Waals surface area contributed by atoms with Crippen LogP contribution in [0.15, 0.2) is 30.3 Å². The summed E-state index contributed by atoms with van der Waals surface area (Å²) in [6, 6.07) is 8.68. The summed E-state index contributed by atoms with van der Waals surface area (Å²) in [6.45, 7) is 4.50. The van der Waals surface area contributed by atoms with Gasteiger partial charge in [0.05, 0.1) is 13.2 Å². The van der Waals surface area contributed by atoms with Crippen LogP contribution in [0.4, 0.5) is 5.69 Å². The van der Waals surface area contributed by atoms with Gasteiger partial charge < -0.3 is 9.47 Å². The van der Waals surface area contributed by atoms with Crippen LogP contribution in [0.3, 0.4) is 0 Å². The van der Waals surface area contributed by atoms with E-state index in [4.69, 9.17) is 9.47 Å². The first kappa shape index (κ1) is 15.9. The molecule has 0 aliphatic carbocycles. The molecule has 0 saturated carbocycles. The average molecular weight is 287 g/mol. The van der Waals surface area contributed by atoms with Crippen LogP contribution < -0.4 is 4.72 Å². The Balaban J connectivity index is 2.74. The number of ether oxygens (including phenoxy) is 2. The molecule has 1 aromatic carbocycles. The van der Waals surface area contributed by atoms with E-state index in [0.29, 0.717) is 18.9 Å². The Hall–Kier alpha value is -1.11. The number of para-hydroxylation sites is 1. The van der Waals surface area contributed by atoms with Crippen molar-refractivity contribution in [2.75, 3.05) is 17.9 Å². The van der Waals surface area contributed by atoms with Crippen LogP contribution >= 0.6 is 0 Å². The molecule has 5 nitrogen and oxygen atoms in total. The molecule has 0 heterocycles. The van der Waals surface area contributed by atoms with Crippen molar-refractivity contribution in [1.29, 1.82) is 0 Å². The Kier molecular flexibility index (Phi) is 6.83. The molecule has 0 aliphatic heterocycles. The van der Waals surface area contributed by atoms with Gasteiger partial charge in [-0.15, -0.1) is 0 Å². The maximum Gasteiger partial charge on any atom is 0.286 e. The van der Waals surface area contributed by atoms with Gasteiger partial charge in [-0.1, -0.05) is 32.0 Å². The Bertz CT molecular complexity index is 439. The summed E-state index contributed by atoms with van der Waals surface area (Å²) in [5.74, 6) is 0. The minimum absolute atomic E-state index is 0.337. The van der Waals surface area contributed by atoms with Crippen molar-refractivity contribution >= 4 is 15.7 Å². The fraction of sp³-hybridized carbons (Fsp3) is 0.538. The second-order valence-corrected chi connectivity index (χ2v) is 5.72. The number of hydrogen-bond acceptors (Lipinski definition) is 4. The van der Waals surface area contributed by atoms with Crippen LogP contribution in [0.5, 0.6) is 0 Å². The van der Waals surface area contributed by atoms with Gasteiger partial charge in [-0.3, -0.25) is 4.72 Å². The normalized spacial score (nSPS) is 11.7. The van der Waals surface area contributed by atoms with Gasteiger partial charge in [0.2, 0.25) is 0 Å². The van der Waals surface area contributed by atoms with Crippen molar-refractivity contribution < 1.29 is 17.9 Å². The summed E-state index contributed by atoms with van der Waals surface area (Å²) >= 11 is 0. The van der Waals surface area contributed by atoms with Crippen molar-refractivity contribution in [3.8, 4) is 0 Å². The van der Waals surface area contributed by atoms with E-state index in [2.05, 4.69) is 4.72 Å². The number of sulfonamides is 1. The topological polar surface area (TPSA) is 64.6 Å². The molecule has 0 aliphatic rings. The van der Waals surface area contributed by atoms with Gasteiger partial charge in [0.1, 0.15) is 0 Å². The lowest BCUT2D eigenvalue weighted by molar-refractivity contribution is -0.0874. The number of hydrogen-bond donors (Lipinski definition) is 1. The molecular formula is C13H21NO4S. The Labute approximate surface area is 115 Å². The van der Waals surface area contributed by atoms with E-state index in [0.717, 1.165) is 12.8 Å². The molecule has 0 saturated heterocycles. The van der Waals surface area contributed by atoms with Crippen molar-refractivity contribution in [1.82, 2.24) is 0 Å². The predicted molar refractivity (Wildman–Crippen MR) is 75.3 cm³/mol. The smallest absolute Gasteiger partial charge is 0.286 e. The van der Waals surface area contributed by atoms with E-state index in [-0.39, 0.29) is 0 Å². The van der Waals surface area contributed by atoms with E-state index in [9.17, 15) is 8.42 Å². The molecule has 0 amide bonds. The summed E-state index contributed by atoms with van der Waals surface area (Å²) in [5.41, 5.74) is -0.777. The first-order valence-corrected chi connectivity index (χ1v) is 7.94. The van der Waals surface area contributed by atoms with Crippen LogP contribution in [-0.2, 0) is 19.5 Å². The third-order valence-electron chi connectivity index (χ3n) is 2.20. The van der Waals surface area contributed by atoms with Gasteiger partial charge in [0.25, 0.3) is 15.6 Å². The zero-order valence-electron chi connectivity index (χ0n) is 11.3. The third kappa shape index (κ3) is 5.59. The van der Waals surface area contributed by atoms with Crippen LogP contribution in [0.1, 0.15) is 26.7 Å². The molecule has 0 aromatic heterocycles. The van der Waals surface area contributed by atoms with Crippen LogP contribution in [-0.4, -0.2) is 27.3 Å².